The van der Waals surface area contributed by atoms with E-state index in [4.69, 9.17) is 16.7 Å². The number of hydrogen-bond donors (Lipinski definition) is 2. The quantitative estimate of drug-likeness (QED) is 0.674. The summed E-state index contributed by atoms with van der Waals surface area (Å²) in [6.07, 6.45) is 1.61. The molecule has 28 heavy (non-hydrogen) atoms. The second kappa shape index (κ2) is 8.09. The van der Waals surface area contributed by atoms with Crippen molar-refractivity contribution in [2.24, 2.45) is 5.14 Å². The van der Waals surface area contributed by atoms with Crippen molar-refractivity contribution in [2.75, 3.05) is 13.1 Å². The Kier molecular flexibility index (Phi) is 6.13. The number of rotatable bonds is 6. The summed E-state index contributed by atoms with van der Waals surface area (Å²) in [5.74, 6) is -0.561. The molecule has 1 fully saturated rings. The standard InChI is InChI=1S/C16H18ClN3O5S3/c17-14-5-4-12(28(24,25)20-7-1-2-8-20)9-13(14)16(21)19-10-11-3-6-15(26-11)27(18,22)23/h3-6,9H,1-2,7-8,10H2,(H,19,21)(H2,18,22,23). The minimum Gasteiger partial charge on any atom is -0.347 e. The first-order valence-corrected chi connectivity index (χ1v) is 12.5. The number of nitrogens with two attached hydrogens (primary N) is 1. The molecule has 0 saturated carbocycles. The zero-order valence-electron chi connectivity index (χ0n) is 14.6. The predicted octanol–water partition coefficient (Wildman–Crippen LogP) is 1.76. The van der Waals surface area contributed by atoms with Gasteiger partial charge in [0.1, 0.15) is 4.21 Å². The number of benzene rings is 1. The van der Waals surface area contributed by atoms with Gasteiger partial charge in [0.15, 0.2) is 0 Å². The molecule has 0 atom stereocenters. The molecule has 1 saturated heterocycles. The van der Waals surface area contributed by atoms with Gasteiger partial charge >= 0.3 is 0 Å². The molecule has 2 aromatic rings. The molecule has 1 aromatic heterocycles. The summed E-state index contributed by atoms with van der Waals surface area (Å²) < 4.78 is 49.4. The molecule has 1 aliphatic heterocycles. The number of sulfonamides is 2. The average molecular weight is 464 g/mol. The summed E-state index contributed by atoms with van der Waals surface area (Å²) in [6.45, 7) is 0.965. The SMILES string of the molecule is NS(=O)(=O)c1ccc(CNC(=O)c2cc(S(=O)(=O)N3CCCC3)ccc2Cl)s1. The molecule has 0 aliphatic carbocycles. The Balaban J connectivity index is 1.77. The molecule has 1 aliphatic rings. The fourth-order valence-electron chi connectivity index (χ4n) is 2.79. The van der Waals surface area contributed by atoms with E-state index in [0.717, 1.165) is 24.2 Å². The molecule has 8 nitrogen and oxygen atoms in total. The van der Waals surface area contributed by atoms with E-state index in [1.54, 1.807) is 6.07 Å². The second-order valence-corrected chi connectivity index (χ2v) is 11.5. The number of primary sulfonamides is 1. The van der Waals surface area contributed by atoms with Crippen molar-refractivity contribution in [3.8, 4) is 0 Å². The van der Waals surface area contributed by atoms with Gasteiger partial charge in [0.05, 0.1) is 22.0 Å². The largest absolute Gasteiger partial charge is 0.347 e. The van der Waals surface area contributed by atoms with Gasteiger partial charge in [-0.3, -0.25) is 4.79 Å². The van der Waals surface area contributed by atoms with Gasteiger partial charge in [-0.05, 0) is 43.2 Å². The maximum absolute atomic E-state index is 12.7. The lowest BCUT2D eigenvalue weighted by Gasteiger charge is -2.16. The van der Waals surface area contributed by atoms with Crippen LogP contribution in [0.4, 0.5) is 0 Å². The Morgan fingerprint density at radius 3 is 2.43 bits per heavy atom. The number of hydrogen-bond acceptors (Lipinski definition) is 6. The zero-order valence-corrected chi connectivity index (χ0v) is 17.8. The fraction of sp³-hybridized carbons (Fsp3) is 0.312. The molecule has 12 heteroatoms. The Morgan fingerprint density at radius 1 is 1.14 bits per heavy atom. The Labute approximate surface area is 172 Å². The topological polar surface area (TPSA) is 127 Å². The van der Waals surface area contributed by atoms with E-state index >= 15 is 0 Å². The van der Waals surface area contributed by atoms with Crippen molar-refractivity contribution in [3.63, 3.8) is 0 Å². The van der Waals surface area contributed by atoms with Gasteiger partial charge < -0.3 is 5.32 Å². The van der Waals surface area contributed by atoms with E-state index in [1.165, 1.54) is 28.6 Å². The molecular formula is C16H18ClN3O5S3. The van der Waals surface area contributed by atoms with Gasteiger partial charge in [-0.15, -0.1) is 11.3 Å². The first-order chi connectivity index (χ1) is 13.1. The Morgan fingerprint density at radius 2 is 1.82 bits per heavy atom. The summed E-state index contributed by atoms with van der Waals surface area (Å²) in [5.41, 5.74) is 0.0326. The fourth-order valence-corrected chi connectivity index (χ4v) is 6.25. The molecule has 2 heterocycles. The lowest BCUT2D eigenvalue weighted by atomic mass is 10.2. The van der Waals surface area contributed by atoms with E-state index in [1.807, 2.05) is 0 Å². The first-order valence-electron chi connectivity index (χ1n) is 8.28. The number of halogens is 1. The second-order valence-electron chi connectivity index (χ2n) is 6.20. The number of amides is 1. The van der Waals surface area contributed by atoms with Crippen LogP contribution < -0.4 is 10.5 Å². The third-order valence-electron chi connectivity index (χ3n) is 4.23. The summed E-state index contributed by atoms with van der Waals surface area (Å²) in [5, 5.41) is 7.79. The molecule has 0 bridgehead atoms. The van der Waals surface area contributed by atoms with Gasteiger partial charge in [0.25, 0.3) is 5.91 Å². The van der Waals surface area contributed by atoms with Crippen LogP contribution in [0.5, 0.6) is 0 Å². The van der Waals surface area contributed by atoms with Crippen LogP contribution in [-0.2, 0) is 26.6 Å². The van der Waals surface area contributed by atoms with Crippen molar-refractivity contribution < 1.29 is 21.6 Å². The van der Waals surface area contributed by atoms with Crippen molar-refractivity contribution in [1.82, 2.24) is 9.62 Å². The highest BCUT2D eigenvalue weighted by Gasteiger charge is 2.28. The van der Waals surface area contributed by atoms with E-state index in [2.05, 4.69) is 5.32 Å². The van der Waals surface area contributed by atoms with Crippen LogP contribution in [-0.4, -0.2) is 40.1 Å². The highest BCUT2D eigenvalue weighted by molar-refractivity contribution is 7.91. The third-order valence-corrected chi connectivity index (χ3v) is 8.97. The van der Waals surface area contributed by atoms with E-state index in [0.29, 0.717) is 18.0 Å². The van der Waals surface area contributed by atoms with Crippen LogP contribution in [0.3, 0.4) is 0 Å². The molecule has 3 N–H and O–H groups in total. The normalized spacial score (nSPS) is 15.6. The Bertz CT molecular complexity index is 1110. The molecule has 0 spiro atoms. The van der Waals surface area contributed by atoms with Crippen molar-refractivity contribution >= 4 is 48.9 Å². The molecule has 3 rings (SSSR count). The van der Waals surface area contributed by atoms with Crippen molar-refractivity contribution in [3.05, 3.63) is 45.8 Å². The summed E-state index contributed by atoms with van der Waals surface area (Å²) in [7, 11) is -7.47. The molecule has 1 amide bonds. The van der Waals surface area contributed by atoms with Crippen molar-refractivity contribution in [2.45, 2.75) is 28.5 Å². The smallest absolute Gasteiger partial charge is 0.253 e. The molecular weight excluding hydrogens is 446 g/mol. The zero-order chi connectivity index (χ0) is 20.5. The van der Waals surface area contributed by atoms with Crippen LogP contribution in [0.15, 0.2) is 39.4 Å². The summed E-state index contributed by atoms with van der Waals surface area (Å²) in [6, 6.07) is 6.92. The number of thiophene rings is 1. The van der Waals surface area contributed by atoms with E-state index in [9.17, 15) is 21.6 Å². The monoisotopic (exact) mass is 463 g/mol. The maximum Gasteiger partial charge on any atom is 0.253 e. The average Bonchev–Trinajstić information content (AvgIpc) is 3.31. The van der Waals surface area contributed by atoms with Crippen LogP contribution in [0.2, 0.25) is 5.02 Å². The highest BCUT2D eigenvalue weighted by Crippen LogP contribution is 2.26. The van der Waals surface area contributed by atoms with Crippen LogP contribution in [0, 0.1) is 0 Å². The van der Waals surface area contributed by atoms with E-state index < -0.39 is 26.0 Å². The minimum absolute atomic E-state index is 0.00603. The van der Waals surface area contributed by atoms with Gasteiger partial charge in [-0.2, -0.15) is 4.31 Å². The minimum atomic E-state index is -3.80. The number of nitrogens with zero attached hydrogens (tertiary/aromatic N) is 1. The Hall–Kier alpha value is -1.50. The van der Waals surface area contributed by atoms with Crippen LogP contribution >= 0.6 is 22.9 Å². The predicted molar refractivity (Wildman–Crippen MR) is 106 cm³/mol. The first kappa shape index (κ1) is 21.2. The van der Waals surface area contributed by atoms with Gasteiger partial charge in [0.2, 0.25) is 20.0 Å². The number of nitrogens with one attached hydrogen (secondary N) is 1. The van der Waals surface area contributed by atoms with Gasteiger partial charge in [-0.1, -0.05) is 11.6 Å². The summed E-state index contributed by atoms with van der Waals surface area (Å²) >= 11 is 7.03. The highest BCUT2D eigenvalue weighted by atomic mass is 35.5. The van der Waals surface area contributed by atoms with Crippen molar-refractivity contribution in [1.29, 1.82) is 0 Å². The molecule has 0 unspecified atom stereocenters. The van der Waals surface area contributed by atoms with Crippen LogP contribution in [0.25, 0.3) is 0 Å². The van der Waals surface area contributed by atoms with Gasteiger partial charge in [0, 0.05) is 18.0 Å². The lowest BCUT2D eigenvalue weighted by molar-refractivity contribution is 0.0951. The molecule has 1 aromatic carbocycles. The molecule has 152 valence electrons. The molecule has 0 radical (unpaired) electrons. The third kappa shape index (κ3) is 4.56. The van der Waals surface area contributed by atoms with Gasteiger partial charge in [-0.25, -0.2) is 22.0 Å². The van der Waals surface area contributed by atoms with Crippen LogP contribution in [0.1, 0.15) is 28.1 Å². The number of carbonyl (C=O) groups is 1. The number of carbonyl (C=O) groups excluding carboxylic acids is 1. The summed E-state index contributed by atoms with van der Waals surface area (Å²) in [4.78, 5) is 13.1. The maximum atomic E-state index is 12.7. The lowest BCUT2D eigenvalue weighted by Crippen LogP contribution is -2.28. The van der Waals surface area contributed by atoms with E-state index in [-0.39, 0.29) is 26.2 Å².